The first-order valence-corrected chi connectivity index (χ1v) is 7.15. The first kappa shape index (κ1) is 14.6. The second-order valence-electron chi connectivity index (χ2n) is 5.47. The maximum atomic E-state index is 11.1. The zero-order chi connectivity index (χ0) is 14.5. The molecule has 4 nitrogen and oxygen atoms in total. The van der Waals surface area contributed by atoms with Crippen LogP contribution in [0.3, 0.4) is 0 Å². The SMILES string of the molecule is CC(=O)NCC1CCC(CNC(C)=O)c2ccccc21. The number of amides is 2. The highest BCUT2D eigenvalue weighted by atomic mass is 16.2. The molecule has 0 aromatic heterocycles. The van der Waals surface area contributed by atoms with Gasteiger partial charge >= 0.3 is 0 Å². The van der Waals surface area contributed by atoms with Crippen LogP contribution in [0.4, 0.5) is 0 Å². The van der Waals surface area contributed by atoms with Crippen LogP contribution in [-0.4, -0.2) is 24.9 Å². The van der Waals surface area contributed by atoms with Crippen molar-refractivity contribution in [2.45, 2.75) is 38.5 Å². The molecule has 1 aliphatic rings. The summed E-state index contributed by atoms with van der Waals surface area (Å²) in [6.07, 6.45) is 2.09. The van der Waals surface area contributed by atoms with Gasteiger partial charge in [0, 0.05) is 38.8 Å². The molecule has 0 bridgehead atoms. The van der Waals surface area contributed by atoms with Gasteiger partial charge in [-0.15, -0.1) is 0 Å². The van der Waals surface area contributed by atoms with Crippen molar-refractivity contribution in [2.75, 3.05) is 13.1 Å². The van der Waals surface area contributed by atoms with Crippen LogP contribution >= 0.6 is 0 Å². The molecule has 0 saturated heterocycles. The highest BCUT2D eigenvalue weighted by molar-refractivity contribution is 5.73. The minimum atomic E-state index is 0.0165. The molecule has 0 saturated carbocycles. The molecular formula is C16H22N2O2. The summed E-state index contributed by atoms with van der Waals surface area (Å²) < 4.78 is 0. The Labute approximate surface area is 119 Å². The number of rotatable bonds is 4. The van der Waals surface area contributed by atoms with E-state index in [2.05, 4.69) is 22.8 Å². The molecule has 1 aromatic rings. The van der Waals surface area contributed by atoms with Gasteiger partial charge in [0.1, 0.15) is 0 Å². The van der Waals surface area contributed by atoms with Gasteiger partial charge in [-0.3, -0.25) is 9.59 Å². The van der Waals surface area contributed by atoms with E-state index in [1.807, 2.05) is 12.1 Å². The van der Waals surface area contributed by atoms with Crippen molar-refractivity contribution in [3.63, 3.8) is 0 Å². The van der Waals surface area contributed by atoms with Gasteiger partial charge in [0.15, 0.2) is 0 Å². The maximum Gasteiger partial charge on any atom is 0.216 e. The van der Waals surface area contributed by atoms with Crippen LogP contribution in [0.2, 0.25) is 0 Å². The second kappa shape index (κ2) is 6.55. The van der Waals surface area contributed by atoms with Gasteiger partial charge in [0.2, 0.25) is 11.8 Å². The van der Waals surface area contributed by atoms with Crippen molar-refractivity contribution in [2.24, 2.45) is 0 Å². The lowest BCUT2D eigenvalue weighted by Crippen LogP contribution is -2.32. The fourth-order valence-corrected chi connectivity index (χ4v) is 2.93. The van der Waals surface area contributed by atoms with E-state index in [1.165, 1.54) is 11.1 Å². The van der Waals surface area contributed by atoms with Crippen LogP contribution in [0, 0.1) is 0 Å². The largest absolute Gasteiger partial charge is 0.356 e. The predicted molar refractivity (Wildman–Crippen MR) is 78.5 cm³/mol. The van der Waals surface area contributed by atoms with E-state index >= 15 is 0 Å². The molecular weight excluding hydrogens is 252 g/mol. The molecule has 0 fully saturated rings. The Morgan fingerprint density at radius 1 is 0.950 bits per heavy atom. The van der Waals surface area contributed by atoms with Gasteiger partial charge in [-0.1, -0.05) is 24.3 Å². The summed E-state index contributed by atoms with van der Waals surface area (Å²) in [6, 6.07) is 8.37. The summed E-state index contributed by atoms with van der Waals surface area (Å²) in [5.74, 6) is 0.790. The van der Waals surface area contributed by atoms with Crippen molar-refractivity contribution in [1.29, 1.82) is 0 Å². The number of benzene rings is 1. The molecule has 2 amide bonds. The van der Waals surface area contributed by atoms with Gasteiger partial charge in [-0.05, 0) is 24.0 Å². The third-order valence-electron chi connectivity index (χ3n) is 3.93. The fourth-order valence-electron chi connectivity index (χ4n) is 2.93. The van der Waals surface area contributed by atoms with Crippen LogP contribution in [0.25, 0.3) is 0 Å². The molecule has 1 aromatic carbocycles. The zero-order valence-corrected chi connectivity index (χ0v) is 12.1. The number of fused-ring (bicyclic) bond motifs is 1. The average molecular weight is 274 g/mol. The van der Waals surface area contributed by atoms with Crippen molar-refractivity contribution < 1.29 is 9.59 Å². The lowest BCUT2D eigenvalue weighted by atomic mass is 9.76. The molecule has 1 aliphatic carbocycles. The molecule has 108 valence electrons. The molecule has 0 spiro atoms. The Hall–Kier alpha value is -1.84. The molecule has 2 rings (SSSR count). The van der Waals surface area contributed by atoms with Crippen molar-refractivity contribution in [1.82, 2.24) is 10.6 Å². The first-order chi connectivity index (χ1) is 9.58. The summed E-state index contributed by atoms with van der Waals surface area (Å²) in [6.45, 7) is 4.49. The van der Waals surface area contributed by atoms with E-state index < -0.39 is 0 Å². The number of hydrogen-bond donors (Lipinski definition) is 2. The topological polar surface area (TPSA) is 58.2 Å². The summed E-state index contributed by atoms with van der Waals surface area (Å²) in [5, 5.41) is 5.83. The minimum absolute atomic E-state index is 0.0165. The van der Waals surface area contributed by atoms with E-state index in [1.54, 1.807) is 13.8 Å². The summed E-state index contributed by atoms with van der Waals surface area (Å²) in [5.41, 5.74) is 2.62. The molecule has 0 aliphatic heterocycles. The molecule has 20 heavy (non-hydrogen) atoms. The second-order valence-corrected chi connectivity index (χ2v) is 5.47. The third-order valence-corrected chi connectivity index (χ3v) is 3.93. The van der Waals surface area contributed by atoms with E-state index in [0.717, 1.165) is 12.8 Å². The van der Waals surface area contributed by atoms with Crippen molar-refractivity contribution in [3.05, 3.63) is 35.4 Å². The third kappa shape index (κ3) is 3.59. The average Bonchev–Trinajstić information content (AvgIpc) is 2.43. The fraction of sp³-hybridized carbons (Fsp3) is 0.500. The molecule has 4 heteroatoms. The smallest absolute Gasteiger partial charge is 0.216 e. The van der Waals surface area contributed by atoms with Crippen LogP contribution in [0.1, 0.15) is 49.7 Å². The normalized spacial score (nSPS) is 20.9. The Bertz CT molecular complexity index is 454. The monoisotopic (exact) mass is 274 g/mol. The van der Waals surface area contributed by atoms with E-state index in [4.69, 9.17) is 0 Å². The van der Waals surface area contributed by atoms with Crippen LogP contribution < -0.4 is 10.6 Å². The first-order valence-electron chi connectivity index (χ1n) is 7.15. The molecule has 2 N–H and O–H groups in total. The van der Waals surface area contributed by atoms with E-state index in [0.29, 0.717) is 24.9 Å². The molecule has 2 unspecified atom stereocenters. The molecule has 0 heterocycles. The van der Waals surface area contributed by atoms with Crippen LogP contribution in [0.5, 0.6) is 0 Å². The Kier molecular flexibility index (Phi) is 4.77. The molecule has 0 radical (unpaired) electrons. The van der Waals surface area contributed by atoms with Gasteiger partial charge in [0.05, 0.1) is 0 Å². The van der Waals surface area contributed by atoms with Crippen molar-refractivity contribution >= 4 is 11.8 Å². The number of hydrogen-bond acceptors (Lipinski definition) is 2. The van der Waals surface area contributed by atoms with Gasteiger partial charge in [-0.2, -0.15) is 0 Å². The van der Waals surface area contributed by atoms with Gasteiger partial charge in [0.25, 0.3) is 0 Å². The summed E-state index contributed by atoms with van der Waals surface area (Å²) in [7, 11) is 0. The van der Waals surface area contributed by atoms with E-state index in [9.17, 15) is 9.59 Å². The Morgan fingerprint density at radius 3 is 1.70 bits per heavy atom. The number of carbonyl (C=O) groups is 2. The summed E-state index contributed by atoms with van der Waals surface area (Å²) in [4.78, 5) is 22.2. The lowest BCUT2D eigenvalue weighted by Gasteiger charge is -2.31. The Morgan fingerprint density at radius 2 is 1.35 bits per heavy atom. The molecule has 2 atom stereocenters. The number of nitrogens with one attached hydrogen (secondary N) is 2. The highest BCUT2D eigenvalue weighted by Crippen LogP contribution is 2.38. The van der Waals surface area contributed by atoms with Crippen LogP contribution in [0.15, 0.2) is 24.3 Å². The number of carbonyl (C=O) groups excluding carboxylic acids is 2. The highest BCUT2D eigenvalue weighted by Gasteiger charge is 2.26. The van der Waals surface area contributed by atoms with E-state index in [-0.39, 0.29) is 11.8 Å². The van der Waals surface area contributed by atoms with Crippen LogP contribution in [-0.2, 0) is 9.59 Å². The maximum absolute atomic E-state index is 11.1. The quantitative estimate of drug-likeness (QED) is 0.881. The standard InChI is InChI=1S/C16H22N2O2/c1-11(19)17-9-13-7-8-14(10-18-12(2)20)16-6-4-3-5-15(13)16/h3-6,13-14H,7-10H2,1-2H3,(H,17,19)(H,18,20). The van der Waals surface area contributed by atoms with Gasteiger partial charge in [-0.25, -0.2) is 0 Å². The summed E-state index contributed by atoms with van der Waals surface area (Å²) >= 11 is 0. The zero-order valence-electron chi connectivity index (χ0n) is 12.1. The van der Waals surface area contributed by atoms with Gasteiger partial charge < -0.3 is 10.6 Å². The lowest BCUT2D eigenvalue weighted by molar-refractivity contribution is -0.120. The van der Waals surface area contributed by atoms with Crippen molar-refractivity contribution in [3.8, 4) is 0 Å². The predicted octanol–water partition coefficient (Wildman–Crippen LogP) is 1.92. The minimum Gasteiger partial charge on any atom is -0.356 e. The Balaban J connectivity index is 2.12.